The van der Waals surface area contributed by atoms with Gasteiger partial charge in [-0.25, -0.2) is 9.07 Å². The molecule has 1 aliphatic rings. The molecule has 0 bridgehead atoms. The lowest BCUT2D eigenvalue weighted by Gasteiger charge is -2.33. The zero-order valence-corrected chi connectivity index (χ0v) is 17.0. The number of hydrogen-bond acceptors (Lipinski definition) is 5. The first-order valence-corrected chi connectivity index (χ1v) is 10.5. The summed E-state index contributed by atoms with van der Waals surface area (Å²) in [4.78, 5) is 13.1. The SMILES string of the molecule is CCc1ccc(C2Nn3c(CC)nnc3SC2C(=O)Nc2ccc(F)cc2)cc1. The maximum atomic E-state index is 13.2. The Kier molecular flexibility index (Phi) is 5.53. The summed E-state index contributed by atoms with van der Waals surface area (Å²) in [5, 5.41) is 11.5. The van der Waals surface area contributed by atoms with E-state index in [9.17, 15) is 9.18 Å². The number of hydrogen-bond donors (Lipinski definition) is 2. The van der Waals surface area contributed by atoms with Crippen molar-refractivity contribution < 1.29 is 9.18 Å². The van der Waals surface area contributed by atoms with Crippen molar-refractivity contribution in [2.45, 2.75) is 43.1 Å². The number of fused-ring (bicyclic) bond motifs is 1. The van der Waals surface area contributed by atoms with Crippen LogP contribution in [0.3, 0.4) is 0 Å². The van der Waals surface area contributed by atoms with Gasteiger partial charge in [0.25, 0.3) is 0 Å². The second-order valence-corrected chi connectivity index (χ2v) is 7.93. The number of rotatable bonds is 5. The van der Waals surface area contributed by atoms with E-state index in [1.165, 1.54) is 29.5 Å². The summed E-state index contributed by atoms with van der Waals surface area (Å²) in [7, 11) is 0. The molecule has 4 rings (SSSR count). The topological polar surface area (TPSA) is 71.8 Å². The van der Waals surface area contributed by atoms with Crippen LogP contribution in [0.5, 0.6) is 0 Å². The second-order valence-electron chi connectivity index (χ2n) is 6.82. The zero-order chi connectivity index (χ0) is 20.4. The van der Waals surface area contributed by atoms with E-state index in [4.69, 9.17) is 0 Å². The Bertz CT molecular complexity index is 1000. The zero-order valence-electron chi connectivity index (χ0n) is 16.2. The highest BCUT2D eigenvalue weighted by molar-refractivity contribution is 8.00. The Morgan fingerprint density at radius 1 is 1.10 bits per heavy atom. The number of halogens is 1. The molecule has 2 heterocycles. The molecule has 0 spiro atoms. The van der Waals surface area contributed by atoms with Gasteiger partial charge in [-0.1, -0.05) is 49.9 Å². The van der Waals surface area contributed by atoms with Gasteiger partial charge in [0.1, 0.15) is 11.1 Å². The van der Waals surface area contributed by atoms with Crippen molar-refractivity contribution in [1.82, 2.24) is 14.9 Å². The summed E-state index contributed by atoms with van der Waals surface area (Å²) < 4.78 is 15.0. The van der Waals surface area contributed by atoms with Crippen molar-refractivity contribution in [3.63, 3.8) is 0 Å². The van der Waals surface area contributed by atoms with Crippen molar-refractivity contribution in [2.24, 2.45) is 0 Å². The molecule has 3 aromatic rings. The Hall–Kier alpha value is -2.87. The third-order valence-corrected chi connectivity index (χ3v) is 6.15. The van der Waals surface area contributed by atoms with Crippen LogP contribution in [0.15, 0.2) is 53.7 Å². The van der Waals surface area contributed by atoms with Crippen LogP contribution < -0.4 is 10.7 Å². The molecular weight excluding hydrogens is 389 g/mol. The highest BCUT2D eigenvalue weighted by Gasteiger charge is 2.37. The van der Waals surface area contributed by atoms with E-state index in [1.807, 2.05) is 11.6 Å². The van der Waals surface area contributed by atoms with Gasteiger partial charge in [-0.3, -0.25) is 4.79 Å². The molecule has 29 heavy (non-hydrogen) atoms. The molecule has 150 valence electrons. The quantitative estimate of drug-likeness (QED) is 0.665. The number of carbonyl (C=O) groups is 1. The van der Waals surface area contributed by atoms with E-state index >= 15 is 0 Å². The molecule has 0 saturated carbocycles. The Labute approximate surface area is 172 Å². The van der Waals surface area contributed by atoms with Crippen LogP contribution in [-0.2, 0) is 17.6 Å². The molecule has 8 heteroatoms. The third-order valence-electron chi connectivity index (χ3n) is 4.94. The molecule has 2 unspecified atom stereocenters. The minimum absolute atomic E-state index is 0.175. The van der Waals surface area contributed by atoms with Gasteiger partial charge in [-0.2, -0.15) is 0 Å². The average molecular weight is 412 g/mol. The molecule has 1 aliphatic heterocycles. The summed E-state index contributed by atoms with van der Waals surface area (Å²) in [6.07, 6.45) is 1.69. The smallest absolute Gasteiger partial charge is 0.240 e. The van der Waals surface area contributed by atoms with Crippen LogP contribution >= 0.6 is 11.8 Å². The van der Waals surface area contributed by atoms with Gasteiger partial charge >= 0.3 is 0 Å². The summed E-state index contributed by atoms with van der Waals surface area (Å²) >= 11 is 1.38. The maximum Gasteiger partial charge on any atom is 0.240 e. The summed E-state index contributed by atoms with van der Waals surface area (Å²) in [5.41, 5.74) is 6.23. The Morgan fingerprint density at radius 3 is 2.48 bits per heavy atom. The fraction of sp³-hybridized carbons (Fsp3) is 0.286. The highest BCUT2D eigenvalue weighted by atomic mass is 32.2. The lowest BCUT2D eigenvalue weighted by molar-refractivity contribution is -0.116. The van der Waals surface area contributed by atoms with E-state index in [-0.39, 0.29) is 17.8 Å². The van der Waals surface area contributed by atoms with Crippen LogP contribution in [0, 0.1) is 5.82 Å². The maximum absolute atomic E-state index is 13.2. The van der Waals surface area contributed by atoms with Gasteiger partial charge in [-0.05, 0) is 41.8 Å². The summed E-state index contributed by atoms with van der Waals surface area (Å²) in [6.45, 7) is 4.13. The van der Waals surface area contributed by atoms with Gasteiger partial charge in [0.15, 0.2) is 5.82 Å². The molecule has 0 saturated heterocycles. The first-order chi connectivity index (χ1) is 14.1. The molecule has 1 aromatic heterocycles. The molecular formula is C21H22FN5OS. The van der Waals surface area contributed by atoms with E-state index in [0.29, 0.717) is 10.8 Å². The number of thioether (sulfide) groups is 1. The molecule has 0 radical (unpaired) electrons. The van der Waals surface area contributed by atoms with Crippen molar-refractivity contribution in [3.05, 3.63) is 71.3 Å². The van der Waals surface area contributed by atoms with Crippen LogP contribution in [0.2, 0.25) is 0 Å². The van der Waals surface area contributed by atoms with Gasteiger partial charge in [0.2, 0.25) is 11.1 Å². The average Bonchev–Trinajstić information content (AvgIpc) is 3.16. The molecule has 1 amide bonds. The molecule has 6 nitrogen and oxygen atoms in total. The van der Waals surface area contributed by atoms with Gasteiger partial charge in [-0.15, -0.1) is 10.2 Å². The van der Waals surface area contributed by atoms with Crippen molar-refractivity contribution >= 4 is 23.4 Å². The number of nitrogens with one attached hydrogen (secondary N) is 2. The van der Waals surface area contributed by atoms with Gasteiger partial charge < -0.3 is 10.7 Å². The van der Waals surface area contributed by atoms with E-state index in [1.54, 1.807) is 12.1 Å². The number of aryl methyl sites for hydroxylation is 2. The predicted octanol–water partition coefficient (Wildman–Crippen LogP) is 3.94. The predicted molar refractivity (Wildman–Crippen MR) is 112 cm³/mol. The normalized spacial score (nSPS) is 18.0. The van der Waals surface area contributed by atoms with Crippen LogP contribution in [-0.4, -0.2) is 26.0 Å². The van der Waals surface area contributed by atoms with Crippen molar-refractivity contribution in [1.29, 1.82) is 0 Å². The summed E-state index contributed by atoms with van der Waals surface area (Å²) in [5.74, 6) is 0.303. The molecule has 2 aromatic carbocycles. The highest BCUT2D eigenvalue weighted by Crippen LogP contribution is 2.37. The Balaban J connectivity index is 1.65. The Morgan fingerprint density at radius 2 is 1.83 bits per heavy atom. The first-order valence-electron chi connectivity index (χ1n) is 9.61. The molecule has 0 fully saturated rings. The fourth-order valence-corrected chi connectivity index (χ4v) is 4.38. The first kappa shape index (κ1) is 19.4. The van der Waals surface area contributed by atoms with Crippen LogP contribution in [0.25, 0.3) is 0 Å². The second kappa shape index (κ2) is 8.24. The largest absolute Gasteiger partial charge is 0.325 e. The van der Waals surface area contributed by atoms with Crippen molar-refractivity contribution in [3.8, 4) is 0 Å². The minimum atomic E-state index is -0.464. The van der Waals surface area contributed by atoms with E-state index < -0.39 is 5.25 Å². The van der Waals surface area contributed by atoms with Crippen LogP contribution in [0.1, 0.15) is 36.8 Å². The number of aromatic nitrogens is 3. The lowest BCUT2D eigenvalue weighted by atomic mass is 10.0. The lowest BCUT2D eigenvalue weighted by Crippen LogP contribution is -2.41. The number of nitrogens with zero attached hydrogens (tertiary/aromatic N) is 3. The summed E-state index contributed by atoms with van der Waals surface area (Å²) in [6, 6.07) is 13.8. The van der Waals surface area contributed by atoms with E-state index in [2.05, 4.69) is 52.1 Å². The molecule has 0 aliphatic carbocycles. The number of carbonyl (C=O) groups excluding carboxylic acids is 1. The van der Waals surface area contributed by atoms with E-state index in [0.717, 1.165) is 24.2 Å². The molecule has 2 atom stereocenters. The standard InChI is InChI=1S/C21H22FN5OS/c1-3-13-5-7-14(8-6-13)18-19(20(28)23-16-11-9-15(22)10-12-16)29-21-25-24-17(4-2)27(21)26-18/h5-12,18-19,26H,3-4H2,1-2H3,(H,23,28). The fourth-order valence-electron chi connectivity index (χ4n) is 3.29. The number of amides is 1. The van der Waals surface area contributed by atoms with Gasteiger partial charge in [0.05, 0.1) is 6.04 Å². The number of anilines is 1. The minimum Gasteiger partial charge on any atom is -0.325 e. The van der Waals surface area contributed by atoms with Crippen LogP contribution in [0.4, 0.5) is 10.1 Å². The number of benzene rings is 2. The van der Waals surface area contributed by atoms with Gasteiger partial charge in [0, 0.05) is 12.1 Å². The molecule has 2 N–H and O–H groups in total. The monoisotopic (exact) mass is 411 g/mol. The van der Waals surface area contributed by atoms with Crippen molar-refractivity contribution in [2.75, 3.05) is 10.7 Å². The third kappa shape index (κ3) is 3.98.